The van der Waals surface area contributed by atoms with Crippen molar-refractivity contribution in [1.29, 1.82) is 0 Å². The summed E-state index contributed by atoms with van der Waals surface area (Å²) in [5.41, 5.74) is 6.95. The lowest BCUT2D eigenvalue weighted by Gasteiger charge is -2.11. The van der Waals surface area contributed by atoms with Crippen LogP contribution < -0.4 is 16.0 Å². The van der Waals surface area contributed by atoms with Gasteiger partial charge in [-0.25, -0.2) is 4.98 Å². The van der Waals surface area contributed by atoms with Gasteiger partial charge in [-0.1, -0.05) is 77.9 Å². The summed E-state index contributed by atoms with van der Waals surface area (Å²) >= 11 is 6.32. The van der Waals surface area contributed by atoms with Crippen molar-refractivity contribution in [2.45, 2.75) is 13.8 Å². The molecule has 3 aromatic carbocycles. The van der Waals surface area contributed by atoms with Gasteiger partial charge in [0.25, 0.3) is 0 Å². The van der Waals surface area contributed by atoms with Crippen LogP contribution in [0.15, 0.2) is 85.6 Å². The minimum Gasteiger partial charge on any atom is -0.339 e. The number of hydrogen-bond donors (Lipinski definition) is 3. The summed E-state index contributed by atoms with van der Waals surface area (Å²) in [5.74, 6) is 0.552. The zero-order chi connectivity index (χ0) is 25.5. The van der Waals surface area contributed by atoms with Gasteiger partial charge in [-0.05, 0) is 61.4 Å². The van der Waals surface area contributed by atoms with Crippen LogP contribution in [0.1, 0.15) is 22.3 Å². The molecule has 0 spiro atoms. The first-order chi connectivity index (χ1) is 17.4. The van der Waals surface area contributed by atoms with Crippen molar-refractivity contribution >= 4 is 58.5 Å². The molecule has 4 aromatic rings. The number of anilines is 5. The van der Waals surface area contributed by atoms with E-state index in [-0.39, 0.29) is 5.91 Å². The molecule has 0 fully saturated rings. The lowest BCUT2D eigenvalue weighted by Crippen LogP contribution is -2.07. The van der Waals surface area contributed by atoms with Crippen molar-refractivity contribution in [2.75, 3.05) is 16.0 Å². The van der Waals surface area contributed by atoms with Gasteiger partial charge in [-0.3, -0.25) is 4.79 Å². The fourth-order valence-corrected chi connectivity index (χ4v) is 3.76. The first kappa shape index (κ1) is 24.7. The van der Waals surface area contributed by atoms with E-state index in [9.17, 15) is 4.79 Å². The maximum atomic E-state index is 11.6. The Hall–Kier alpha value is -4.42. The number of carbonyl (C=O) groups excluding carboxylic acids is 1. The smallest absolute Gasteiger partial charge is 0.247 e. The molecule has 0 saturated carbocycles. The Morgan fingerprint density at radius 2 is 1.56 bits per heavy atom. The van der Waals surface area contributed by atoms with E-state index < -0.39 is 0 Å². The van der Waals surface area contributed by atoms with Crippen molar-refractivity contribution < 1.29 is 4.79 Å². The number of aromatic nitrogens is 2. The molecule has 1 amide bonds. The third-order valence-electron chi connectivity index (χ3n) is 5.20. The van der Waals surface area contributed by atoms with Crippen LogP contribution in [0.5, 0.6) is 0 Å². The molecule has 0 unspecified atom stereocenters. The highest BCUT2D eigenvalue weighted by Crippen LogP contribution is 2.26. The van der Waals surface area contributed by atoms with Crippen molar-refractivity contribution in [2.24, 2.45) is 0 Å². The number of hydrogen-bond acceptors (Lipinski definition) is 5. The zero-order valence-electron chi connectivity index (χ0n) is 20.0. The number of benzene rings is 3. The summed E-state index contributed by atoms with van der Waals surface area (Å²) < 4.78 is 0. The van der Waals surface area contributed by atoms with Gasteiger partial charge < -0.3 is 16.0 Å². The van der Waals surface area contributed by atoms with Gasteiger partial charge in [0.05, 0.1) is 6.20 Å². The Bertz CT molecular complexity index is 1410. The van der Waals surface area contributed by atoms with Crippen LogP contribution in [0.25, 0.3) is 12.2 Å². The Labute approximate surface area is 215 Å². The Morgan fingerprint density at radius 3 is 2.28 bits per heavy atom. The van der Waals surface area contributed by atoms with Crippen LogP contribution in [-0.2, 0) is 4.79 Å². The average molecular weight is 496 g/mol. The molecule has 180 valence electrons. The third-order valence-corrected chi connectivity index (χ3v) is 5.48. The van der Waals surface area contributed by atoms with Gasteiger partial charge in [0.15, 0.2) is 5.82 Å². The molecule has 0 aliphatic rings. The summed E-state index contributed by atoms with van der Waals surface area (Å²) in [4.78, 5) is 20.4. The lowest BCUT2D eigenvalue weighted by molar-refractivity contribution is -0.111. The number of aryl methyl sites for hydroxylation is 2. The minimum absolute atomic E-state index is 0.287. The molecule has 6 nitrogen and oxygen atoms in total. The SMILES string of the molecule is C=CC(=O)Nc1cccc(Nc2nc(Nc3ccc(/C=C/c4cc(C)cc(C)c4)cc3)ncc2Cl)c1. The van der Waals surface area contributed by atoms with E-state index >= 15 is 0 Å². The maximum absolute atomic E-state index is 11.6. The summed E-state index contributed by atoms with van der Waals surface area (Å²) in [5, 5.41) is 9.47. The molecule has 0 bridgehead atoms. The van der Waals surface area contributed by atoms with Gasteiger partial charge in [-0.15, -0.1) is 0 Å². The van der Waals surface area contributed by atoms with Crippen LogP contribution in [0.3, 0.4) is 0 Å². The molecule has 0 radical (unpaired) electrons. The minimum atomic E-state index is -0.287. The molecule has 1 heterocycles. The second-order valence-electron chi connectivity index (χ2n) is 8.29. The van der Waals surface area contributed by atoms with E-state index in [0.717, 1.165) is 11.3 Å². The molecular weight excluding hydrogens is 470 g/mol. The number of nitrogens with zero attached hydrogens (tertiary/aromatic N) is 2. The normalized spacial score (nSPS) is 10.8. The molecule has 0 aliphatic carbocycles. The molecule has 4 rings (SSSR count). The van der Waals surface area contributed by atoms with Crippen LogP contribution in [0, 0.1) is 13.8 Å². The van der Waals surface area contributed by atoms with Crippen LogP contribution in [-0.4, -0.2) is 15.9 Å². The van der Waals surface area contributed by atoms with Crippen molar-refractivity contribution in [3.63, 3.8) is 0 Å². The molecular formula is C29H26ClN5O. The fourth-order valence-electron chi connectivity index (χ4n) is 3.62. The predicted molar refractivity (Wildman–Crippen MR) is 150 cm³/mol. The molecule has 3 N–H and O–H groups in total. The average Bonchev–Trinajstić information content (AvgIpc) is 2.85. The fraction of sp³-hybridized carbons (Fsp3) is 0.0690. The largest absolute Gasteiger partial charge is 0.339 e. The van der Waals surface area contributed by atoms with Crippen LogP contribution >= 0.6 is 11.6 Å². The quantitative estimate of drug-likeness (QED) is 0.174. The number of amides is 1. The highest BCUT2D eigenvalue weighted by Gasteiger charge is 2.08. The summed E-state index contributed by atoms with van der Waals surface area (Å²) in [7, 11) is 0. The topological polar surface area (TPSA) is 78.9 Å². The van der Waals surface area contributed by atoms with E-state index in [2.05, 4.69) is 76.7 Å². The maximum Gasteiger partial charge on any atom is 0.247 e. The van der Waals surface area contributed by atoms with Crippen LogP contribution in [0.4, 0.5) is 28.8 Å². The number of nitrogens with one attached hydrogen (secondary N) is 3. The number of halogens is 1. The first-order valence-electron chi connectivity index (χ1n) is 11.3. The van der Waals surface area contributed by atoms with Gasteiger partial charge in [0, 0.05) is 17.1 Å². The van der Waals surface area contributed by atoms with E-state index in [1.54, 1.807) is 12.1 Å². The van der Waals surface area contributed by atoms with Gasteiger partial charge in [0.1, 0.15) is 5.02 Å². The van der Waals surface area contributed by atoms with E-state index in [4.69, 9.17) is 11.6 Å². The number of rotatable bonds is 8. The Balaban J connectivity index is 1.44. The van der Waals surface area contributed by atoms with Gasteiger partial charge in [-0.2, -0.15) is 4.98 Å². The highest BCUT2D eigenvalue weighted by atomic mass is 35.5. The molecule has 0 aliphatic heterocycles. The van der Waals surface area contributed by atoms with Crippen molar-refractivity contribution in [1.82, 2.24) is 9.97 Å². The van der Waals surface area contributed by atoms with Crippen LogP contribution in [0.2, 0.25) is 5.02 Å². The monoisotopic (exact) mass is 495 g/mol. The first-order valence-corrected chi connectivity index (χ1v) is 11.7. The number of carbonyl (C=O) groups is 1. The summed E-state index contributed by atoms with van der Waals surface area (Å²) in [6.45, 7) is 7.67. The Kier molecular flexibility index (Phi) is 7.78. The van der Waals surface area contributed by atoms with E-state index in [0.29, 0.717) is 28.2 Å². The second kappa shape index (κ2) is 11.3. The van der Waals surface area contributed by atoms with Crippen molar-refractivity contribution in [3.8, 4) is 0 Å². The standard InChI is InChI=1S/C29H26ClN5O/c1-4-27(36)32-24-6-5-7-25(17-24)33-28-26(30)18-31-29(35-28)34-23-12-10-21(11-13-23)8-9-22-15-19(2)14-20(3)16-22/h4-18H,1H2,2-3H3,(H,32,36)(H2,31,33,34,35)/b9-8+. The molecule has 1 aromatic heterocycles. The van der Waals surface area contributed by atoms with E-state index in [1.807, 2.05) is 36.4 Å². The highest BCUT2D eigenvalue weighted by molar-refractivity contribution is 6.32. The predicted octanol–water partition coefficient (Wildman–Crippen LogP) is 7.53. The third kappa shape index (κ3) is 6.81. The van der Waals surface area contributed by atoms with Crippen molar-refractivity contribution in [3.05, 3.63) is 113 Å². The Morgan fingerprint density at radius 1 is 0.861 bits per heavy atom. The van der Waals surface area contributed by atoms with Gasteiger partial charge >= 0.3 is 0 Å². The lowest BCUT2D eigenvalue weighted by atomic mass is 10.1. The second-order valence-corrected chi connectivity index (χ2v) is 8.70. The van der Waals surface area contributed by atoms with E-state index in [1.165, 1.54) is 29.0 Å². The molecule has 0 saturated heterocycles. The zero-order valence-corrected chi connectivity index (χ0v) is 20.8. The summed E-state index contributed by atoms with van der Waals surface area (Å²) in [6, 6.07) is 21.7. The molecule has 0 atom stereocenters. The molecule has 36 heavy (non-hydrogen) atoms. The summed E-state index contributed by atoms with van der Waals surface area (Å²) in [6.07, 6.45) is 6.95. The van der Waals surface area contributed by atoms with Gasteiger partial charge in [0.2, 0.25) is 11.9 Å². The molecule has 7 heteroatoms.